The minimum absolute atomic E-state index is 0.172. The highest BCUT2D eigenvalue weighted by atomic mass is 16.5. The van der Waals surface area contributed by atoms with Crippen LogP contribution in [0.25, 0.3) is 0 Å². The van der Waals surface area contributed by atoms with Crippen LogP contribution in [0.2, 0.25) is 0 Å². The summed E-state index contributed by atoms with van der Waals surface area (Å²) in [6.45, 7) is 5.10. The van der Waals surface area contributed by atoms with E-state index in [0.29, 0.717) is 18.9 Å². The molecule has 21 heavy (non-hydrogen) atoms. The van der Waals surface area contributed by atoms with Crippen molar-refractivity contribution in [3.63, 3.8) is 0 Å². The van der Waals surface area contributed by atoms with Crippen LogP contribution in [0.3, 0.4) is 0 Å². The minimum atomic E-state index is 0.172. The molecule has 116 valence electrons. The van der Waals surface area contributed by atoms with Gasteiger partial charge in [-0.1, -0.05) is 12.1 Å². The number of carbonyl (C=O) groups excluding carboxylic acids is 1. The van der Waals surface area contributed by atoms with Crippen LogP contribution < -0.4 is 4.74 Å². The molecule has 1 aromatic carbocycles. The van der Waals surface area contributed by atoms with Crippen molar-refractivity contribution < 1.29 is 14.3 Å². The molecule has 1 fully saturated rings. The maximum atomic E-state index is 12.3. The van der Waals surface area contributed by atoms with Crippen molar-refractivity contribution in [2.45, 2.75) is 26.2 Å². The van der Waals surface area contributed by atoms with Gasteiger partial charge in [-0.25, -0.2) is 0 Å². The lowest BCUT2D eigenvalue weighted by molar-refractivity contribution is -0.130. The summed E-state index contributed by atoms with van der Waals surface area (Å²) in [6, 6.07) is 7.77. The van der Waals surface area contributed by atoms with Crippen LogP contribution in [-0.2, 0) is 16.0 Å². The Morgan fingerprint density at radius 3 is 2.57 bits per heavy atom. The highest BCUT2D eigenvalue weighted by Crippen LogP contribution is 2.17. The van der Waals surface area contributed by atoms with Crippen LogP contribution in [0.15, 0.2) is 24.3 Å². The monoisotopic (exact) mass is 291 g/mol. The van der Waals surface area contributed by atoms with Gasteiger partial charge in [-0.15, -0.1) is 0 Å². The molecule has 0 atom stereocenters. The molecule has 0 radical (unpaired) electrons. The molecular weight excluding hydrogens is 266 g/mol. The second kappa shape index (κ2) is 8.03. The number of hydrogen-bond donors (Lipinski definition) is 0. The summed E-state index contributed by atoms with van der Waals surface area (Å²) in [5, 5.41) is 0. The zero-order valence-electron chi connectivity index (χ0n) is 13.0. The first-order chi connectivity index (χ1) is 10.2. The molecule has 0 aromatic heterocycles. The summed E-state index contributed by atoms with van der Waals surface area (Å²) in [5.74, 6) is 1.60. The predicted octanol–water partition coefficient (Wildman–Crippen LogP) is 2.51. The van der Waals surface area contributed by atoms with Gasteiger partial charge in [0.25, 0.3) is 0 Å². The summed E-state index contributed by atoms with van der Waals surface area (Å²) >= 11 is 0. The molecule has 1 aromatic rings. The minimum Gasteiger partial charge on any atom is -0.494 e. The molecule has 1 aliphatic rings. The maximum Gasteiger partial charge on any atom is 0.226 e. The lowest BCUT2D eigenvalue weighted by Crippen LogP contribution is -2.35. The van der Waals surface area contributed by atoms with Gasteiger partial charge in [0.1, 0.15) is 5.75 Å². The Bertz CT molecular complexity index is 438. The number of amides is 1. The SMILES string of the molecule is CCOc1ccc(CC(=O)N(C)CC2CCOCC2)cc1. The Morgan fingerprint density at radius 1 is 1.29 bits per heavy atom. The first kappa shape index (κ1) is 15.8. The van der Waals surface area contributed by atoms with Gasteiger partial charge in [0, 0.05) is 26.8 Å². The molecule has 0 aliphatic carbocycles. The summed E-state index contributed by atoms with van der Waals surface area (Å²) in [4.78, 5) is 14.1. The van der Waals surface area contributed by atoms with Crippen LogP contribution in [0.4, 0.5) is 0 Å². The highest BCUT2D eigenvalue weighted by molar-refractivity contribution is 5.78. The summed E-state index contributed by atoms with van der Waals surface area (Å²) in [5.41, 5.74) is 1.03. The molecular formula is C17H25NO3. The van der Waals surface area contributed by atoms with Crippen molar-refractivity contribution in [2.75, 3.05) is 33.4 Å². The van der Waals surface area contributed by atoms with Crippen LogP contribution in [-0.4, -0.2) is 44.2 Å². The van der Waals surface area contributed by atoms with E-state index in [2.05, 4.69) is 0 Å². The van der Waals surface area contributed by atoms with Crippen LogP contribution in [0.1, 0.15) is 25.3 Å². The molecule has 4 nitrogen and oxygen atoms in total. The first-order valence-electron chi connectivity index (χ1n) is 7.72. The van der Waals surface area contributed by atoms with Crippen LogP contribution in [0, 0.1) is 5.92 Å². The molecule has 2 rings (SSSR count). The quantitative estimate of drug-likeness (QED) is 0.808. The first-order valence-corrected chi connectivity index (χ1v) is 7.72. The van der Waals surface area contributed by atoms with Gasteiger partial charge >= 0.3 is 0 Å². The van der Waals surface area contributed by atoms with E-state index in [0.717, 1.165) is 43.9 Å². The molecule has 1 aliphatic heterocycles. The predicted molar refractivity (Wildman–Crippen MR) is 82.5 cm³/mol. The van der Waals surface area contributed by atoms with Gasteiger partial charge < -0.3 is 14.4 Å². The molecule has 1 amide bonds. The summed E-state index contributed by atoms with van der Waals surface area (Å²) in [6.07, 6.45) is 2.56. The van der Waals surface area contributed by atoms with Crippen molar-refractivity contribution in [1.82, 2.24) is 4.90 Å². The Hall–Kier alpha value is -1.55. The maximum absolute atomic E-state index is 12.3. The topological polar surface area (TPSA) is 38.8 Å². The molecule has 0 bridgehead atoms. The lowest BCUT2D eigenvalue weighted by atomic mass is 9.99. The molecule has 4 heteroatoms. The van der Waals surface area contributed by atoms with E-state index in [1.807, 2.05) is 43.1 Å². The zero-order valence-corrected chi connectivity index (χ0v) is 13.0. The Balaban J connectivity index is 1.81. The number of rotatable bonds is 6. The largest absolute Gasteiger partial charge is 0.494 e. The third-order valence-electron chi connectivity index (χ3n) is 3.89. The Labute approximate surface area is 127 Å². The van der Waals surface area contributed by atoms with Crippen molar-refractivity contribution in [2.24, 2.45) is 5.92 Å². The van der Waals surface area contributed by atoms with Gasteiger partial charge in [0.05, 0.1) is 13.0 Å². The molecule has 0 N–H and O–H groups in total. The van der Waals surface area contributed by atoms with E-state index in [1.54, 1.807) is 0 Å². The lowest BCUT2D eigenvalue weighted by Gasteiger charge is -2.27. The van der Waals surface area contributed by atoms with E-state index in [-0.39, 0.29) is 5.91 Å². The fourth-order valence-corrected chi connectivity index (χ4v) is 2.60. The molecule has 1 heterocycles. The summed E-state index contributed by atoms with van der Waals surface area (Å²) < 4.78 is 10.8. The second-order valence-corrected chi connectivity index (χ2v) is 5.58. The van der Waals surface area contributed by atoms with E-state index in [4.69, 9.17) is 9.47 Å². The molecule has 1 saturated heterocycles. The number of nitrogens with zero attached hydrogens (tertiary/aromatic N) is 1. The van der Waals surface area contributed by atoms with Gasteiger partial charge in [-0.05, 0) is 43.4 Å². The fourth-order valence-electron chi connectivity index (χ4n) is 2.60. The normalized spacial score (nSPS) is 15.7. The van der Waals surface area contributed by atoms with Gasteiger partial charge in [0.15, 0.2) is 0 Å². The number of ether oxygens (including phenoxy) is 2. The third-order valence-corrected chi connectivity index (χ3v) is 3.89. The van der Waals surface area contributed by atoms with E-state index >= 15 is 0 Å². The zero-order chi connectivity index (χ0) is 15.1. The fraction of sp³-hybridized carbons (Fsp3) is 0.588. The van der Waals surface area contributed by atoms with Gasteiger partial charge in [-0.2, -0.15) is 0 Å². The third kappa shape index (κ3) is 5.05. The second-order valence-electron chi connectivity index (χ2n) is 5.58. The van der Waals surface area contributed by atoms with Crippen molar-refractivity contribution in [1.29, 1.82) is 0 Å². The van der Waals surface area contributed by atoms with Crippen molar-refractivity contribution >= 4 is 5.91 Å². The average molecular weight is 291 g/mol. The van der Waals surface area contributed by atoms with E-state index < -0.39 is 0 Å². The van der Waals surface area contributed by atoms with Gasteiger partial charge in [0.2, 0.25) is 5.91 Å². The molecule has 0 unspecified atom stereocenters. The summed E-state index contributed by atoms with van der Waals surface area (Å²) in [7, 11) is 1.90. The number of hydrogen-bond acceptors (Lipinski definition) is 3. The molecule has 0 spiro atoms. The van der Waals surface area contributed by atoms with Crippen molar-refractivity contribution in [3.05, 3.63) is 29.8 Å². The van der Waals surface area contributed by atoms with E-state index in [1.165, 1.54) is 0 Å². The van der Waals surface area contributed by atoms with Gasteiger partial charge in [-0.3, -0.25) is 4.79 Å². The molecule has 0 saturated carbocycles. The number of carbonyl (C=O) groups is 1. The van der Waals surface area contributed by atoms with E-state index in [9.17, 15) is 4.79 Å². The standard InChI is InChI=1S/C17H25NO3/c1-3-21-16-6-4-14(5-7-16)12-17(19)18(2)13-15-8-10-20-11-9-15/h4-7,15H,3,8-13H2,1-2H3. The Morgan fingerprint density at radius 2 is 1.95 bits per heavy atom. The highest BCUT2D eigenvalue weighted by Gasteiger charge is 2.18. The van der Waals surface area contributed by atoms with Crippen LogP contribution in [0.5, 0.6) is 5.75 Å². The Kier molecular flexibility index (Phi) is 6.05. The van der Waals surface area contributed by atoms with Crippen LogP contribution >= 0.6 is 0 Å². The smallest absolute Gasteiger partial charge is 0.226 e. The van der Waals surface area contributed by atoms with Crippen molar-refractivity contribution in [3.8, 4) is 5.75 Å². The average Bonchev–Trinajstić information content (AvgIpc) is 2.50. The number of benzene rings is 1. The number of likely N-dealkylation sites (N-methyl/N-ethyl adjacent to an activating group) is 1.